The standard InChI is InChI=1S/C26H39N7/c1-18-19(2)28-23(31-26(18)32(4)5)13-14-24-29-22(17-25(30-24)33-15-9-10-16-33)20(3)27-21-11-7-6-8-12-21/h17,21,27H,3,6-16H2,1-2,4-5H3. The second-order valence-electron chi connectivity index (χ2n) is 9.75. The average Bonchev–Trinajstić information content (AvgIpc) is 3.35. The first kappa shape index (κ1) is 23.5. The van der Waals surface area contributed by atoms with Crippen molar-refractivity contribution in [1.29, 1.82) is 0 Å². The zero-order chi connectivity index (χ0) is 23.4. The van der Waals surface area contributed by atoms with Gasteiger partial charge in [-0.05, 0) is 39.5 Å². The van der Waals surface area contributed by atoms with Crippen molar-refractivity contribution in [2.24, 2.45) is 0 Å². The van der Waals surface area contributed by atoms with E-state index < -0.39 is 0 Å². The van der Waals surface area contributed by atoms with E-state index in [9.17, 15) is 0 Å². The third-order valence-electron chi connectivity index (χ3n) is 6.89. The molecule has 4 rings (SSSR count). The average molecular weight is 450 g/mol. The quantitative estimate of drug-likeness (QED) is 0.647. The molecule has 0 amide bonds. The van der Waals surface area contributed by atoms with Gasteiger partial charge in [-0.15, -0.1) is 0 Å². The van der Waals surface area contributed by atoms with Gasteiger partial charge in [0.25, 0.3) is 0 Å². The van der Waals surface area contributed by atoms with Gasteiger partial charge >= 0.3 is 0 Å². The van der Waals surface area contributed by atoms with Gasteiger partial charge in [0.2, 0.25) is 0 Å². The summed E-state index contributed by atoms with van der Waals surface area (Å²) in [5.41, 5.74) is 4.00. The summed E-state index contributed by atoms with van der Waals surface area (Å²) in [6.07, 6.45) is 10.2. The minimum Gasteiger partial charge on any atom is -0.381 e. The Labute approximate surface area is 198 Å². The van der Waals surface area contributed by atoms with Gasteiger partial charge in [0.05, 0.1) is 11.4 Å². The lowest BCUT2D eigenvalue weighted by Crippen LogP contribution is -2.30. The molecule has 0 unspecified atom stereocenters. The Morgan fingerprint density at radius 3 is 2.30 bits per heavy atom. The van der Waals surface area contributed by atoms with Gasteiger partial charge in [-0.1, -0.05) is 25.8 Å². The van der Waals surface area contributed by atoms with Gasteiger partial charge < -0.3 is 15.1 Å². The molecule has 2 aliphatic rings. The van der Waals surface area contributed by atoms with E-state index in [1.807, 2.05) is 14.1 Å². The minimum atomic E-state index is 0.508. The van der Waals surface area contributed by atoms with Crippen LogP contribution in [0.2, 0.25) is 0 Å². The van der Waals surface area contributed by atoms with E-state index in [1.165, 1.54) is 44.9 Å². The van der Waals surface area contributed by atoms with Crippen molar-refractivity contribution in [1.82, 2.24) is 25.3 Å². The highest BCUT2D eigenvalue weighted by molar-refractivity contribution is 5.62. The highest BCUT2D eigenvalue weighted by Gasteiger charge is 2.19. The number of anilines is 2. The molecule has 0 bridgehead atoms. The fourth-order valence-electron chi connectivity index (χ4n) is 4.87. The van der Waals surface area contributed by atoms with E-state index in [2.05, 4.69) is 41.6 Å². The van der Waals surface area contributed by atoms with E-state index in [0.717, 1.165) is 59.0 Å². The summed E-state index contributed by atoms with van der Waals surface area (Å²) in [6, 6.07) is 2.62. The third kappa shape index (κ3) is 5.81. The van der Waals surface area contributed by atoms with Gasteiger partial charge in [0, 0.05) is 63.4 Å². The monoisotopic (exact) mass is 449 g/mol. The largest absolute Gasteiger partial charge is 0.381 e. The smallest absolute Gasteiger partial charge is 0.134 e. The first-order valence-electron chi connectivity index (χ1n) is 12.5. The maximum absolute atomic E-state index is 4.94. The Morgan fingerprint density at radius 1 is 0.970 bits per heavy atom. The topological polar surface area (TPSA) is 70.1 Å². The van der Waals surface area contributed by atoms with Crippen molar-refractivity contribution in [2.75, 3.05) is 37.0 Å². The number of nitrogens with one attached hydrogen (secondary N) is 1. The van der Waals surface area contributed by atoms with Crippen LogP contribution in [0.15, 0.2) is 12.6 Å². The summed E-state index contributed by atoms with van der Waals surface area (Å²) in [5.74, 6) is 3.69. The molecule has 0 atom stereocenters. The maximum Gasteiger partial charge on any atom is 0.134 e. The second kappa shape index (κ2) is 10.5. The molecule has 2 aromatic heterocycles. The Bertz CT molecular complexity index is 973. The lowest BCUT2D eigenvalue weighted by molar-refractivity contribution is 0.409. The van der Waals surface area contributed by atoms with Crippen molar-refractivity contribution in [3.8, 4) is 0 Å². The summed E-state index contributed by atoms with van der Waals surface area (Å²) < 4.78 is 0. The highest BCUT2D eigenvalue weighted by Crippen LogP contribution is 2.24. The van der Waals surface area contributed by atoms with Crippen LogP contribution in [0.4, 0.5) is 11.6 Å². The van der Waals surface area contributed by atoms with Gasteiger partial charge in [0.1, 0.15) is 23.3 Å². The normalized spacial score (nSPS) is 16.8. The Hall–Kier alpha value is -2.70. The number of aromatic nitrogens is 4. The van der Waals surface area contributed by atoms with E-state index >= 15 is 0 Å². The van der Waals surface area contributed by atoms with Crippen molar-refractivity contribution in [3.05, 3.63) is 41.2 Å². The van der Waals surface area contributed by atoms with Crippen molar-refractivity contribution >= 4 is 17.3 Å². The summed E-state index contributed by atoms with van der Waals surface area (Å²) in [5, 5.41) is 3.65. The molecule has 2 fully saturated rings. The SMILES string of the molecule is C=C(NC1CCCCC1)c1cc(N2CCCC2)nc(CCc2nc(C)c(C)c(N(C)C)n2)n1. The summed E-state index contributed by atoms with van der Waals surface area (Å²) in [4.78, 5) is 23.8. The molecular weight excluding hydrogens is 410 g/mol. The number of nitrogens with zero attached hydrogens (tertiary/aromatic N) is 6. The van der Waals surface area contributed by atoms with Crippen LogP contribution in [0.25, 0.3) is 5.70 Å². The first-order valence-corrected chi connectivity index (χ1v) is 12.5. The molecule has 2 aromatic rings. The molecular formula is C26H39N7. The van der Waals surface area contributed by atoms with Crippen molar-refractivity contribution in [2.45, 2.75) is 77.7 Å². The van der Waals surface area contributed by atoms with Crippen LogP contribution in [0, 0.1) is 13.8 Å². The van der Waals surface area contributed by atoms with Crippen LogP contribution in [-0.2, 0) is 12.8 Å². The molecule has 1 saturated carbocycles. The molecule has 7 heteroatoms. The Kier molecular flexibility index (Phi) is 7.46. The fraction of sp³-hybridized carbons (Fsp3) is 0.615. The van der Waals surface area contributed by atoms with Crippen LogP contribution in [0.5, 0.6) is 0 Å². The number of hydrogen-bond acceptors (Lipinski definition) is 7. The first-order chi connectivity index (χ1) is 15.9. The summed E-state index contributed by atoms with van der Waals surface area (Å²) in [6.45, 7) is 10.6. The molecule has 0 aromatic carbocycles. The molecule has 1 aliphatic heterocycles. The molecule has 33 heavy (non-hydrogen) atoms. The van der Waals surface area contributed by atoms with E-state index in [-0.39, 0.29) is 0 Å². The lowest BCUT2D eigenvalue weighted by atomic mass is 9.95. The van der Waals surface area contributed by atoms with E-state index in [1.54, 1.807) is 0 Å². The van der Waals surface area contributed by atoms with Gasteiger partial charge in [-0.2, -0.15) is 0 Å². The van der Waals surface area contributed by atoms with Gasteiger partial charge in [0.15, 0.2) is 0 Å². The number of aryl methyl sites for hydroxylation is 3. The molecule has 0 radical (unpaired) electrons. The highest BCUT2D eigenvalue weighted by atomic mass is 15.2. The van der Waals surface area contributed by atoms with Crippen LogP contribution >= 0.6 is 0 Å². The van der Waals surface area contributed by atoms with Crippen molar-refractivity contribution in [3.63, 3.8) is 0 Å². The summed E-state index contributed by atoms with van der Waals surface area (Å²) in [7, 11) is 4.05. The lowest BCUT2D eigenvalue weighted by Gasteiger charge is -2.25. The molecule has 1 saturated heterocycles. The van der Waals surface area contributed by atoms with Gasteiger partial charge in [-0.25, -0.2) is 19.9 Å². The zero-order valence-corrected chi connectivity index (χ0v) is 20.8. The van der Waals surface area contributed by atoms with E-state index in [4.69, 9.17) is 19.9 Å². The zero-order valence-electron chi connectivity index (χ0n) is 20.8. The van der Waals surface area contributed by atoms with Crippen LogP contribution in [0.1, 0.15) is 73.5 Å². The Balaban J connectivity index is 1.54. The number of hydrogen-bond donors (Lipinski definition) is 1. The molecule has 178 valence electrons. The van der Waals surface area contributed by atoms with Crippen molar-refractivity contribution < 1.29 is 0 Å². The van der Waals surface area contributed by atoms with Crippen LogP contribution in [0.3, 0.4) is 0 Å². The molecule has 0 spiro atoms. The predicted octanol–water partition coefficient (Wildman–Crippen LogP) is 4.23. The van der Waals surface area contributed by atoms with Crippen LogP contribution in [-0.4, -0.2) is 53.2 Å². The maximum atomic E-state index is 4.94. The second-order valence-corrected chi connectivity index (χ2v) is 9.75. The molecule has 1 N–H and O–H groups in total. The molecule has 1 aliphatic carbocycles. The molecule has 7 nitrogen and oxygen atoms in total. The predicted molar refractivity (Wildman–Crippen MR) is 136 cm³/mol. The molecule has 3 heterocycles. The van der Waals surface area contributed by atoms with E-state index in [0.29, 0.717) is 18.9 Å². The minimum absolute atomic E-state index is 0.508. The summed E-state index contributed by atoms with van der Waals surface area (Å²) >= 11 is 0. The third-order valence-corrected chi connectivity index (χ3v) is 6.89. The van der Waals surface area contributed by atoms with Crippen LogP contribution < -0.4 is 15.1 Å². The fourth-order valence-corrected chi connectivity index (χ4v) is 4.87. The van der Waals surface area contributed by atoms with Gasteiger partial charge in [-0.3, -0.25) is 0 Å². The Morgan fingerprint density at radius 2 is 1.64 bits per heavy atom. The number of rotatable bonds is 8.